The van der Waals surface area contributed by atoms with Crippen molar-refractivity contribution in [3.8, 4) is 0 Å². The molecule has 0 aromatic carbocycles. The number of carboxylic acids is 1. The molecular weight excluding hydrogens is 232 g/mol. The molecule has 0 aromatic heterocycles. The maximum atomic E-state index is 11.7. The van der Waals surface area contributed by atoms with E-state index in [2.05, 4.69) is 11.9 Å². The third-order valence-electron chi connectivity index (χ3n) is 2.25. The van der Waals surface area contributed by atoms with Crippen LogP contribution in [-0.4, -0.2) is 41.1 Å². The second kappa shape index (κ2) is 5.75. The van der Waals surface area contributed by atoms with Gasteiger partial charge >= 0.3 is 12.0 Å². The van der Waals surface area contributed by atoms with E-state index in [1.165, 1.54) is 0 Å². The highest BCUT2D eigenvalue weighted by Crippen LogP contribution is 2.26. The number of halogens is 1. The molecule has 2 N–H and O–H groups in total. The zero-order valence-corrected chi connectivity index (χ0v) is 9.66. The van der Waals surface area contributed by atoms with Crippen LogP contribution in [0.4, 0.5) is 4.79 Å². The van der Waals surface area contributed by atoms with Crippen molar-refractivity contribution in [2.75, 3.05) is 13.1 Å². The molecule has 1 fully saturated rings. The fourth-order valence-electron chi connectivity index (χ4n) is 1.33. The second-order valence-electron chi connectivity index (χ2n) is 3.74. The van der Waals surface area contributed by atoms with Crippen LogP contribution in [-0.2, 0) is 4.79 Å². The van der Waals surface area contributed by atoms with Gasteiger partial charge in [-0.15, -0.1) is 0 Å². The summed E-state index contributed by atoms with van der Waals surface area (Å²) < 4.78 is 0. The maximum Gasteiger partial charge on any atom is 0.317 e. The normalized spacial score (nSPS) is 14.3. The fraction of sp³-hybridized carbons (Fsp3) is 0.600. The molecule has 0 radical (unpaired) electrons. The van der Waals surface area contributed by atoms with Crippen LogP contribution >= 0.6 is 11.6 Å². The summed E-state index contributed by atoms with van der Waals surface area (Å²) in [6, 6.07) is -0.0894. The van der Waals surface area contributed by atoms with Crippen molar-refractivity contribution in [2.45, 2.75) is 25.3 Å². The van der Waals surface area contributed by atoms with Crippen LogP contribution in [0.3, 0.4) is 0 Å². The first-order valence-electron chi connectivity index (χ1n) is 5.10. The van der Waals surface area contributed by atoms with E-state index in [1.54, 1.807) is 4.90 Å². The largest absolute Gasteiger partial charge is 0.481 e. The Balaban J connectivity index is 2.39. The SMILES string of the molecule is C=C(Cl)CNC(=O)N(CCC(=O)O)C1CC1. The molecule has 16 heavy (non-hydrogen) atoms. The zero-order valence-electron chi connectivity index (χ0n) is 8.91. The van der Waals surface area contributed by atoms with E-state index in [4.69, 9.17) is 16.7 Å². The van der Waals surface area contributed by atoms with E-state index in [9.17, 15) is 9.59 Å². The third kappa shape index (κ3) is 4.53. The molecule has 5 nitrogen and oxygen atoms in total. The van der Waals surface area contributed by atoms with E-state index in [1.807, 2.05) is 0 Å². The lowest BCUT2D eigenvalue weighted by Gasteiger charge is -2.21. The van der Waals surface area contributed by atoms with E-state index in [0.29, 0.717) is 5.03 Å². The van der Waals surface area contributed by atoms with Gasteiger partial charge in [0.05, 0.1) is 13.0 Å². The molecule has 0 bridgehead atoms. The number of carboxylic acid groups (broad SMARTS) is 1. The van der Waals surface area contributed by atoms with Gasteiger partial charge in [-0.2, -0.15) is 0 Å². The van der Waals surface area contributed by atoms with Gasteiger partial charge in [0.25, 0.3) is 0 Å². The van der Waals surface area contributed by atoms with Gasteiger partial charge in [0.15, 0.2) is 0 Å². The van der Waals surface area contributed by atoms with E-state index < -0.39 is 5.97 Å². The van der Waals surface area contributed by atoms with Crippen LogP contribution in [0.5, 0.6) is 0 Å². The Labute approximate surface area is 99.1 Å². The Hall–Kier alpha value is -1.23. The number of carbonyl (C=O) groups is 2. The number of carbonyl (C=O) groups excluding carboxylic acids is 1. The van der Waals surface area contributed by atoms with Crippen molar-refractivity contribution < 1.29 is 14.7 Å². The van der Waals surface area contributed by atoms with Gasteiger partial charge in [0.2, 0.25) is 0 Å². The smallest absolute Gasteiger partial charge is 0.317 e. The number of hydrogen-bond acceptors (Lipinski definition) is 2. The second-order valence-corrected chi connectivity index (χ2v) is 4.28. The number of urea groups is 1. The summed E-state index contributed by atoms with van der Waals surface area (Å²) in [6.45, 7) is 3.90. The molecule has 6 heteroatoms. The molecule has 0 aliphatic heterocycles. The zero-order chi connectivity index (χ0) is 12.1. The van der Waals surface area contributed by atoms with Crippen molar-refractivity contribution in [1.82, 2.24) is 10.2 Å². The minimum atomic E-state index is -0.903. The minimum Gasteiger partial charge on any atom is -0.481 e. The maximum absolute atomic E-state index is 11.7. The Morgan fingerprint density at radius 1 is 1.50 bits per heavy atom. The standard InChI is InChI=1S/C10H15ClN2O3/c1-7(11)6-12-10(16)13(8-2-3-8)5-4-9(14)15/h8H,1-6H2,(H,12,16)(H,14,15). The Morgan fingerprint density at radius 3 is 2.56 bits per heavy atom. The molecule has 1 aliphatic carbocycles. The molecule has 1 rings (SSSR count). The lowest BCUT2D eigenvalue weighted by atomic mass is 10.4. The lowest BCUT2D eigenvalue weighted by molar-refractivity contribution is -0.137. The van der Waals surface area contributed by atoms with Gasteiger partial charge in [-0.3, -0.25) is 4.79 Å². The summed E-state index contributed by atoms with van der Waals surface area (Å²) >= 11 is 5.53. The molecular formula is C10H15ClN2O3. The Morgan fingerprint density at radius 2 is 2.12 bits per heavy atom. The first kappa shape index (κ1) is 12.8. The summed E-state index contributed by atoms with van der Waals surface area (Å²) in [7, 11) is 0. The topological polar surface area (TPSA) is 69.6 Å². The van der Waals surface area contributed by atoms with Gasteiger partial charge < -0.3 is 15.3 Å². The molecule has 0 heterocycles. The van der Waals surface area contributed by atoms with Gasteiger partial charge in [-0.25, -0.2) is 4.79 Å². The van der Waals surface area contributed by atoms with E-state index >= 15 is 0 Å². The Bertz CT molecular complexity index is 302. The van der Waals surface area contributed by atoms with Crippen molar-refractivity contribution in [3.63, 3.8) is 0 Å². The van der Waals surface area contributed by atoms with Gasteiger partial charge in [0, 0.05) is 17.6 Å². The van der Waals surface area contributed by atoms with E-state index in [-0.39, 0.29) is 31.6 Å². The van der Waals surface area contributed by atoms with Crippen LogP contribution in [0, 0.1) is 0 Å². The number of amides is 2. The van der Waals surface area contributed by atoms with Crippen LogP contribution in [0.15, 0.2) is 11.6 Å². The van der Waals surface area contributed by atoms with Crippen LogP contribution in [0.25, 0.3) is 0 Å². The molecule has 1 aliphatic rings. The van der Waals surface area contributed by atoms with Crippen LogP contribution in [0.1, 0.15) is 19.3 Å². The number of hydrogen-bond donors (Lipinski definition) is 2. The summed E-state index contributed by atoms with van der Waals surface area (Å²) in [5, 5.41) is 11.5. The van der Waals surface area contributed by atoms with Gasteiger partial charge in [-0.05, 0) is 12.8 Å². The van der Waals surface area contributed by atoms with Crippen molar-refractivity contribution in [1.29, 1.82) is 0 Å². The number of nitrogens with one attached hydrogen (secondary N) is 1. The average Bonchev–Trinajstić information content (AvgIpc) is 2.98. The minimum absolute atomic E-state index is 0.0360. The lowest BCUT2D eigenvalue weighted by Crippen LogP contribution is -2.42. The quantitative estimate of drug-likeness (QED) is 0.744. The van der Waals surface area contributed by atoms with E-state index in [0.717, 1.165) is 12.8 Å². The predicted octanol–water partition coefficient (Wildman–Crippen LogP) is 1.39. The molecule has 90 valence electrons. The highest BCUT2D eigenvalue weighted by atomic mass is 35.5. The molecule has 0 spiro atoms. The molecule has 0 saturated heterocycles. The molecule has 1 saturated carbocycles. The first-order chi connectivity index (χ1) is 7.50. The summed E-state index contributed by atoms with van der Waals surface area (Å²) in [4.78, 5) is 23.7. The predicted molar refractivity (Wildman–Crippen MR) is 60.4 cm³/mol. The summed E-state index contributed by atoms with van der Waals surface area (Å²) in [6.07, 6.45) is 1.84. The highest BCUT2D eigenvalue weighted by Gasteiger charge is 2.32. The third-order valence-corrected chi connectivity index (χ3v) is 2.38. The van der Waals surface area contributed by atoms with Gasteiger partial charge in [0.1, 0.15) is 0 Å². The average molecular weight is 247 g/mol. The molecule has 2 amide bonds. The molecule has 0 unspecified atom stereocenters. The van der Waals surface area contributed by atoms with Gasteiger partial charge in [-0.1, -0.05) is 18.2 Å². The summed E-state index contributed by atoms with van der Waals surface area (Å²) in [5.74, 6) is -0.903. The fourth-order valence-corrected chi connectivity index (χ4v) is 1.39. The van der Waals surface area contributed by atoms with Crippen molar-refractivity contribution >= 4 is 23.6 Å². The number of rotatable bonds is 6. The molecule has 0 aromatic rings. The number of nitrogens with zero attached hydrogens (tertiary/aromatic N) is 1. The molecule has 0 atom stereocenters. The van der Waals surface area contributed by atoms with Crippen LogP contribution in [0.2, 0.25) is 0 Å². The summed E-state index contributed by atoms with van der Waals surface area (Å²) in [5.41, 5.74) is 0. The Kier molecular flexibility index (Phi) is 4.61. The van der Waals surface area contributed by atoms with Crippen molar-refractivity contribution in [3.05, 3.63) is 11.6 Å². The monoisotopic (exact) mass is 246 g/mol. The number of aliphatic carboxylic acids is 1. The first-order valence-corrected chi connectivity index (χ1v) is 5.48. The highest BCUT2D eigenvalue weighted by molar-refractivity contribution is 6.29. The van der Waals surface area contributed by atoms with Crippen molar-refractivity contribution in [2.24, 2.45) is 0 Å². The van der Waals surface area contributed by atoms with Crippen LogP contribution < -0.4 is 5.32 Å².